The van der Waals surface area contributed by atoms with E-state index in [0.717, 1.165) is 11.0 Å². The zero-order valence-corrected chi connectivity index (χ0v) is 16.8. The van der Waals surface area contributed by atoms with Gasteiger partial charge in [-0.25, -0.2) is 4.79 Å². The molecular weight excluding hydrogens is 298 g/mol. The Labute approximate surface area is 151 Å². The van der Waals surface area contributed by atoms with Crippen molar-refractivity contribution in [3.63, 3.8) is 0 Å². The first-order valence-corrected chi connectivity index (χ1v) is 10.1. The first kappa shape index (κ1) is 23.2. The maximum absolute atomic E-state index is 11.2. The summed E-state index contributed by atoms with van der Waals surface area (Å²) in [4.78, 5) is 11.2. The van der Waals surface area contributed by atoms with Gasteiger partial charge in [0.25, 0.3) is 0 Å². The zero-order chi connectivity index (χ0) is 18.3. The number of rotatable bonds is 16. The van der Waals surface area contributed by atoms with E-state index in [-0.39, 0.29) is 5.97 Å². The van der Waals surface area contributed by atoms with Crippen LogP contribution in [0.2, 0.25) is 0 Å². The second kappa shape index (κ2) is 14.5. The summed E-state index contributed by atoms with van der Waals surface area (Å²) in [5.41, 5.74) is 0. The minimum Gasteiger partial charge on any atom is -0.457 e. The number of quaternary nitrogens is 1. The Morgan fingerprint density at radius 1 is 0.958 bits per heavy atom. The normalized spacial score (nSPS) is 13.7. The average Bonchev–Trinajstić information content (AvgIpc) is 2.56. The van der Waals surface area contributed by atoms with Gasteiger partial charge in [0, 0.05) is 6.08 Å². The smallest absolute Gasteiger partial charge is 0.330 e. The molecule has 0 aromatic rings. The second-order valence-electron chi connectivity index (χ2n) is 7.57. The molecule has 0 aliphatic carbocycles. The van der Waals surface area contributed by atoms with Gasteiger partial charge in [0.1, 0.15) is 13.2 Å². The van der Waals surface area contributed by atoms with Gasteiger partial charge in [-0.3, -0.25) is 0 Å². The molecule has 0 fully saturated rings. The predicted octanol–water partition coefficient (Wildman–Crippen LogP) is 5.49. The maximum Gasteiger partial charge on any atom is 0.330 e. The lowest BCUT2D eigenvalue weighted by Gasteiger charge is -2.38. The third-order valence-electron chi connectivity index (χ3n) is 5.28. The highest BCUT2D eigenvalue weighted by Crippen LogP contribution is 2.15. The van der Waals surface area contributed by atoms with E-state index in [1.165, 1.54) is 76.8 Å². The molecule has 142 valence electrons. The van der Waals surface area contributed by atoms with Crippen LogP contribution in [0, 0.1) is 0 Å². The lowest BCUT2D eigenvalue weighted by atomic mass is 10.1. The Morgan fingerprint density at radius 2 is 1.46 bits per heavy atom. The molecule has 3 nitrogen and oxygen atoms in total. The lowest BCUT2D eigenvalue weighted by Crippen LogP contribution is -2.52. The molecule has 0 saturated heterocycles. The molecule has 0 heterocycles. The SMILES string of the molecule is C=CC(=O)OCC[N+](C)(CCCCCCCCCCCC)C(C)C. The highest BCUT2D eigenvalue weighted by Gasteiger charge is 2.25. The quantitative estimate of drug-likeness (QED) is 0.161. The molecule has 0 saturated carbocycles. The largest absolute Gasteiger partial charge is 0.457 e. The Balaban J connectivity index is 3.77. The first-order chi connectivity index (χ1) is 11.5. The van der Waals surface area contributed by atoms with E-state index in [1.807, 2.05) is 0 Å². The van der Waals surface area contributed by atoms with Gasteiger partial charge < -0.3 is 9.22 Å². The van der Waals surface area contributed by atoms with E-state index in [4.69, 9.17) is 4.74 Å². The second-order valence-corrected chi connectivity index (χ2v) is 7.57. The Bertz CT molecular complexity index is 328. The summed E-state index contributed by atoms with van der Waals surface area (Å²) < 4.78 is 6.14. The average molecular weight is 341 g/mol. The number of likely N-dealkylation sites (N-methyl/N-ethyl adjacent to an activating group) is 1. The fraction of sp³-hybridized carbons (Fsp3) is 0.857. The van der Waals surface area contributed by atoms with Crippen molar-refractivity contribution >= 4 is 5.97 Å². The molecule has 24 heavy (non-hydrogen) atoms. The van der Waals surface area contributed by atoms with Crippen LogP contribution in [0.15, 0.2) is 12.7 Å². The van der Waals surface area contributed by atoms with Crippen LogP contribution < -0.4 is 0 Å². The molecule has 0 N–H and O–H groups in total. The van der Waals surface area contributed by atoms with Crippen molar-refractivity contribution in [1.82, 2.24) is 0 Å². The van der Waals surface area contributed by atoms with E-state index >= 15 is 0 Å². The van der Waals surface area contributed by atoms with E-state index in [1.54, 1.807) is 0 Å². The molecule has 0 spiro atoms. The lowest BCUT2D eigenvalue weighted by molar-refractivity contribution is -0.930. The Morgan fingerprint density at radius 3 is 1.92 bits per heavy atom. The Hall–Kier alpha value is -0.830. The number of ether oxygens (including phenoxy) is 1. The van der Waals surface area contributed by atoms with Crippen LogP contribution in [0.25, 0.3) is 0 Å². The number of esters is 1. The molecule has 3 heteroatoms. The summed E-state index contributed by atoms with van der Waals surface area (Å²) in [6, 6.07) is 0.547. The van der Waals surface area contributed by atoms with Crippen molar-refractivity contribution in [2.75, 3.05) is 26.7 Å². The molecule has 0 aromatic carbocycles. The number of carbonyl (C=O) groups excluding carboxylic acids is 1. The monoisotopic (exact) mass is 340 g/mol. The number of unbranched alkanes of at least 4 members (excludes halogenated alkanes) is 9. The van der Waals surface area contributed by atoms with Gasteiger partial charge in [-0.1, -0.05) is 64.9 Å². The minimum atomic E-state index is -0.316. The van der Waals surface area contributed by atoms with Gasteiger partial charge in [0.15, 0.2) is 0 Å². The standard InChI is InChI=1S/C21H42NO2/c1-6-8-9-10-11-12-13-14-15-16-17-22(5,20(3)4)18-19-24-21(23)7-2/h7,20H,2,6,8-19H2,1,3-5H3/q+1. The summed E-state index contributed by atoms with van der Waals surface area (Å²) in [5.74, 6) is -0.316. The van der Waals surface area contributed by atoms with E-state index in [9.17, 15) is 4.79 Å². The summed E-state index contributed by atoms with van der Waals surface area (Å²) in [7, 11) is 2.28. The van der Waals surface area contributed by atoms with Crippen LogP contribution in [0.4, 0.5) is 0 Å². The van der Waals surface area contributed by atoms with Crippen LogP contribution in [0.3, 0.4) is 0 Å². The van der Waals surface area contributed by atoms with Crippen LogP contribution in [-0.4, -0.2) is 43.2 Å². The molecular formula is C21H42NO2+. The minimum absolute atomic E-state index is 0.316. The maximum atomic E-state index is 11.2. The van der Waals surface area contributed by atoms with Crippen molar-refractivity contribution in [1.29, 1.82) is 0 Å². The fourth-order valence-corrected chi connectivity index (χ4v) is 3.00. The van der Waals surface area contributed by atoms with E-state index in [2.05, 4.69) is 34.4 Å². The van der Waals surface area contributed by atoms with E-state index in [0.29, 0.717) is 12.6 Å². The molecule has 0 bridgehead atoms. The molecule has 0 aromatic heterocycles. The Kier molecular flexibility index (Phi) is 14.0. The van der Waals surface area contributed by atoms with Crippen LogP contribution in [0.1, 0.15) is 85.0 Å². The van der Waals surface area contributed by atoms with Gasteiger partial charge in [-0.05, 0) is 26.7 Å². The predicted molar refractivity (Wildman–Crippen MR) is 104 cm³/mol. The number of nitrogens with zero attached hydrogens (tertiary/aromatic N) is 1. The molecule has 1 unspecified atom stereocenters. The van der Waals surface area contributed by atoms with E-state index < -0.39 is 0 Å². The highest BCUT2D eigenvalue weighted by atomic mass is 16.5. The third-order valence-corrected chi connectivity index (χ3v) is 5.28. The zero-order valence-electron chi connectivity index (χ0n) is 16.8. The molecule has 0 amide bonds. The van der Waals surface area contributed by atoms with Gasteiger partial charge in [0.05, 0.1) is 19.6 Å². The van der Waals surface area contributed by atoms with Gasteiger partial charge in [-0.15, -0.1) is 0 Å². The van der Waals surface area contributed by atoms with Crippen LogP contribution >= 0.6 is 0 Å². The molecule has 0 rings (SSSR count). The molecule has 0 aliphatic rings. The van der Waals surface area contributed by atoms with Gasteiger partial charge in [0.2, 0.25) is 0 Å². The number of hydrogen-bond donors (Lipinski definition) is 0. The summed E-state index contributed by atoms with van der Waals surface area (Å²) in [6.45, 7) is 12.8. The number of carbonyl (C=O) groups is 1. The third kappa shape index (κ3) is 11.7. The molecule has 0 aliphatic heterocycles. The fourth-order valence-electron chi connectivity index (χ4n) is 3.00. The van der Waals surface area contributed by atoms with Gasteiger partial charge >= 0.3 is 5.97 Å². The highest BCUT2D eigenvalue weighted by molar-refractivity contribution is 5.81. The van der Waals surface area contributed by atoms with Gasteiger partial charge in [-0.2, -0.15) is 0 Å². The van der Waals surface area contributed by atoms with Crippen LogP contribution in [-0.2, 0) is 9.53 Å². The summed E-state index contributed by atoms with van der Waals surface area (Å²) in [5, 5.41) is 0. The van der Waals surface area contributed by atoms with Crippen molar-refractivity contribution in [2.45, 2.75) is 91.0 Å². The van der Waals surface area contributed by atoms with Crippen molar-refractivity contribution in [3.05, 3.63) is 12.7 Å². The number of hydrogen-bond acceptors (Lipinski definition) is 2. The topological polar surface area (TPSA) is 26.3 Å². The van der Waals surface area contributed by atoms with Crippen molar-refractivity contribution in [2.24, 2.45) is 0 Å². The van der Waals surface area contributed by atoms with Crippen LogP contribution in [0.5, 0.6) is 0 Å². The van der Waals surface area contributed by atoms with Crippen molar-refractivity contribution in [3.8, 4) is 0 Å². The summed E-state index contributed by atoms with van der Waals surface area (Å²) in [6.07, 6.45) is 14.9. The summed E-state index contributed by atoms with van der Waals surface area (Å²) >= 11 is 0. The van der Waals surface area contributed by atoms with Crippen molar-refractivity contribution < 1.29 is 14.0 Å². The molecule has 1 atom stereocenters. The first-order valence-electron chi connectivity index (χ1n) is 10.1. The molecule has 0 radical (unpaired) electrons.